The van der Waals surface area contributed by atoms with Crippen LogP contribution in [0.25, 0.3) is 0 Å². The number of carbonyl (C=O) groups is 2. The Labute approximate surface area is 179 Å². The van der Waals surface area contributed by atoms with Crippen LogP contribution < -0.4 is 5.32 Å². The van der Waals surface area contributed by atoms with Gasteiger partial charge >= 0.3 is 12.2 Å². The number of rotatable bonds is 4. The minimum Gasteiger partial charge on any atom is -0.445 e. The first kappa shape index (κ1) is 22.4. The number of benzene rings is 1. The van der Waals surface area contributed by atoms with Gasteiger partial charge in [-0.05, 0) is 52.0 Å². The average Bonchev–Trinajstić information content (AvgIpc) is 2.72. The topological polar surface area (TPSA) is 71.1 Å². The molecular weight excluding hydrogens is 382 g/mol. The molecule has 2 heterocycles. The highest BCUT2D eigenvalue weighted by atomic mass is 16.6. The predicted octanol–water partition coefficient (Wildman–Crippen LogP) is 3.78. The number of amides is 2. The highest BCUT2D eigenvalue weighted by molar-refractivity contribution is 5.68. The lowest BCUT2D eigenvalue weighted by molar-refractivity contribution is 0.0431. The largest absolute Gasteiger partial charge is 0.445 e. The van der Waals surface area contributed by atoms with Gasteiger partial charge in [-0.2, -0.15) is 0 Å². The second-order valence-electron chi connectivity index (χ2n) is 9.21. The predicted molar refractivity (Wildman–Crippen MR) is 115 cm³/mol. The van der Waals surface area contributed by atoms with Crippen LogP contribution in [0, 0.1) is 0 Å². The molecule has 2 aliphatic rings. The molecule has 0 spiro atoms. The van der Waals surface area contributed by atoms with E-state index in [9.17, 15) is 9.59 Å². The molecule has 166 valence electrons. The molecular formula is C23H35N3O4. The van der Waals surface area contributed by atoms with Crippen LogP contribution in [0.5, 0.6) is 0 Å². The van der Waals surface area contributed by atoms with Gasteiger partial charge in [0, 0.05) is 38.3 Å². The molecule has 2 fully saturated rings. The van der Waals surface area contributed by atoms with Crippen LogP contribution in [0.15, 0.2) is 30.3 Å². The van der Waals surface area contributed by atoms with Gasteiger partial charge in [-0.15, -0.1) is 0 Å². The fourth-order valence-corrected chi connectivity index (χ4v) is 4.11. The van der Waals surface area contributed by atoms with E-state index in [0.717, 1.165) is 57.4 Å². The molecule has 1 N–H and O–H groups in total. The number of hydrogen-bond donors (Lipinski definition) is 1. The van der Waals surface area contributed by atoms with E-state index in [1.807, 2.05) is 56.0 Å². The van der Waals surface area contributed by atoms with Gasteiger partial charge in [0.25, 0.3) is 0 Å². The molecule has 0 aromatic heterocycles. The third-order valence-corrected chi connectivity index (χ3v) is 5.69. The number of piperidine rings is 2. The van der Waals surface area contributed by atoms with E-state index in [1.54, 1.807) is 0 Å². The minimum atomic E-state index is -0.471. The summed E-state index contributed by atoms with van der Waals surface area (Å²) in [5, 5.41) is 2.99. The van der Waals surface area contributed by atoms with Crippen molar-refractivity contribution >= 4 is 12.2 Å². The average molecular weight is 418 g/mol. The number of carbonyl (C=O) groups excluding carboxylic acids is 2. The molecule has 2 amide bonds. The number of ether oxygens (including phenoxy) is 2. The first-order valence-electron chi connectivity index (χ1n) is 11.0. The van der Waals surface area contributed by atoms with Crippen molar-refractivity contribution in [1.29, 1.82) is 0 Å². The Kier molecular flexibility index (Phi) is 7.58. The summed E-state index contributed by atoms with van der Waals surface area (Å²) in [7, 11) is 0. The van der Waals surface area contributed by atoms with E-state index in [1.165, 1.54) is 0 Å². The summed E-state index contributed by atoms with van der Waals surface area (Å²) in [5.74, 6) is 0. The molecule has 0 aliphatic carbocycles. The van der Waals surface area contributed by atoms with Crippen LogP contribution in [0.1, 0.15) is 52.0 Å². The molecule has 30 heavy (non-hydrogen) atoms. The maximum Gasteiger partial charge on any atom is 0.410 e. The summed E-state index contributed by atoms with van der Waals surface area (Å²) in [5.41, 5.74) is 0.532. The molecule has 1 aromatic rings. The van der Waals surface area contributed by atoms with Gasteiger partial charge in [-0.3, -0.25) is 0 Å². The molecule has 2 saturated heterocycles. The Morgan fingerprint density at radius 3 is 2.23 bits per heavy atom. The molecule has 2 aliphatic heterocycles. The number of nitrogens with one attached hydrogen (secondary N) is 1. The second-order valence-corrected chi connectivity index (χ2v) is 9.21. The quantitative estimate of drug-likeness (QED) is 0.807. The van der Waals surface area contributed by atoms with Crippen molar-refractivity contribution in [1.82, 2.24) is 15.1 Å². The summed E-state index contributed by atoms with van der Waals surface area (Å²) in [6, 6.07) is 10.4. The van der Waals surface area contributed by atoms with Crippen molar-refractivity contribution in [3.05, 3.63) is 35.9 Å². The van der Waals surface area contributed by atoms with Gasteiger partial charge in [0.05, 0.1) is 0 Å². The SMILES string of the molecule is CC(C)(C)OC(=O)NC1CCN(C2CCN(C(=O)OCc3ccccc3)CC2)CC1. The van der Waals surface area contributed by atoms with E-state index < -0.39 is 5.60 Å². The molecule has 0 radical (unpaired) electrons. The number of likely N-dealkylation sites (tertiary alicyclic amines) is 2. The third kappa shape index (κ3) is 6.90. The summed E-state index contributed by atoms with van der Waals surface area (Å²) >= 11 is 0. The van der Waals surface area contributed by atoms with Gasteiger partial charge < -0.3 is 24.6 Å². The van der Waals surface area contributed by atoms with Crippen LogP contribution in [-0.2, 0) is 16.1 Å². The maximum absolute atomic E-state index is 12.3. The van der Waals surface area contributed by atoms with Crippen molar-refractivity contribution in [3.63, 3.8) is 0 Å². The van der Waals surface area contributed by atoms with E-state index >= 15 is 0 Å². The molecule has 7 heteroatoms. The van der Waals surface area contributed by atoms with Crippen molar-refractivity contribution in [2.75, 3.05) is 26.2 Å². The molecule has 3 rings (SSSR count). The smallest absolute Gasteiger partial charge is 0.410 e. The zero-order chi connectivity index (χ0) is 21.6. The van der Waals surface area contributed by atoms with Crippen LogP contribution in [-0.4, -0.2) is 65.9 Å². The van der Waals surface area contributed by atoms with Gasteiger partial charge in [0.1, 0.15) is 12.2 Å². The van der Waals surface area contributed by atoms with E-state index in [-0.39, 0.29) is 18.2 Å². The Bertz CT molecular complexity index is 688. The highest BCUT2D eigenvalue weighted by Crippen LogP contribution is 2.22. The molecule has 0 saturated carbocycles. The van der Waals surface area contributed by atoms with Crippen LogP contribution >= 0.6 is 0 Å². The molecule has 0 atom stereocenters. The van der Waals surface area contributed by atoms with Crippen LogP contribution in [0.3, 0.4) is 0 Å². The Hall–Kier alpha value is -2.28. The summed E-state index contributed by atoms with van der Waals surface area (Å²) < 4.78 is 10.8. The Morgan fingerprint density at radius 1 is 1.00 bits per heavy atom. The van der Waals surface area contributed by atoms with E-state index in [2.05, 4.69) is 10.2 Å². The summed E-state index contributed by atoms with van der Waals surface area (Å²) in [6.07, 6.45) is 3.23. The fourth-order valence-electron chi connectivity index (χ4n) is 4.11. The first-order chi connectivity index (χ1) is 14.3. The molecule has 0 unspecified atom stereocenters. The molecule has 0 bridgehead atoms. The normalized spacial score (nSPS) is 19.4. The first-order valence-corrected chi connectivity index (χ1v) is 11.0. The summed E-state index contributed by atoms with van der Waals surface area (Å²) in [4.78, 5) is 28.6. The van der Waals surface area contributed by atoms with Crippen LogP contribution in [0.2, 0.25) is 0 Å². The van der Waals surface area contributed by atoms with Crippen molar-refractivity contribution in [3.8, 4) is 0 Å². The van der Waals surface area contributed by atoms with Gasteiger partial charge in [-0.25, -0.2) is 9.59 Å². The summed E-state index contributed by atoms with van der Waals surface area (Å²) in [6.45, 7) is 9.32. The fraction of sp³-hybridized carbons (Fsp3) is 0.652. The van der Waals surface area contributed by atoms with Gasteiger partial charge in [-0.1, -0.05) is 30.3 Å². The second kappa shape index (κ2) is 10.2. The van der Waals surface area contributed by atoms with E-state index in [0.29, 0.717) is 12.6 Å². The standard InChI is InChI=1S/C23H35N3O4/c1-23(2,3)30-21(27)24-19-9-13-25(14-10-19)20-11-15-26(16-12-20)22(28)29-17-18-7-5-4-6-8-18/h4-8,19-20H,9-17H2,1-3H3,(H,24,27). The minimum absolute atomic E-state index is 0.171. The van der Waals surface area contributed by atoms with Crippen LogP contribution in [0.4, 0.5) is 9.59 Å². The Morgan fingerprint density at radius 2 is 1.63 bits per heavy atom. The molecule has 7 nitrogen and oxygen atoms in total. The van der Waals surface area contributed by atoms with Gasteiger partial charge in [0.2, 0.25) is 0 Å². The lowest BCUT2D eigenvalue weighted by Crippen LogP contribution is -2.52. The number of nitrogens with zero attached hydrogens (tertiary/aromatic N) is 2. The lowest BCUT2D eigenvalue weighted by atomic mass is 9.98. The maximum atomic E-state index is 12.3. The van der Waals surface area contributed by atoms with E-state index in [4.69, 9.17) is 9.47 Å². The lowest BCUT2D eigenvalue weighted by Gasteiger charge is -2.41. The van der Waals surface area contributed by atoms with Crippen molar-refractivity contribution in [2.45, 2.75) is 70.7 Å². The van der Waals surface area contributed by atoms with Crippen molar-refractivity contribution in [2.24, 2.45) is 0 Å². The molecule has 1 aromatic carbocycles. The number of alkyl carbamates (subject to hydrolysis) is 1. The third-order valence-electron chi connectivity index (χ3n) is 5.69. The highest BCUT2D eigenvalue weighted by Gasteiger charge is 2.31. The monoisotopic (exact) mass is 417 g/mol. The zero-order valence-corrected chi connectivity index (χ0v) is 18.4. The Balaban J connectivity index is 1.35. The van der Waals surface area contributed by atoms with Gasteiger partial charge in [0.15, 0.2) is 0 Å². The zero-order valence-electron chi connectivity index (χ0n) is 18.4. The van der Waals surface area contributed by atoms with Crippen molar-refractivity contribution < 1.29 is 19.1 Å². The number of hydrogen-bond acceptors (Lipinski definition) is 5.